The van der Waals surface area contributed by atoms with Gasteiger partial charge in [0.25, 0.3) is 5.79 Å². The highest BCUT2D eigenvalue weighted by Crippen LogP contribution is 2.41. The van der Waals surface area contributed by atoms with Gasteiger partial charge in [0.2, 0.25) is 0 Å². The van der Waals surface area contributed by atoms with Crippen LogP contribution in [-0.4, -0.2) is 27.8 Å². The fraction of sp³-hybridized carbons (Fsp3) is 0.367. The van der Waals surface area contributed by atoms with Crippen molar-refractivity contribution in [1.29, 1.82) is 0 Å². The summed E-state index contributed by atoms with van der Waals surface area (Å²) in [5, 5.41) is 18.4. The van der Waals surface area contributed by atoms with Gasteiger partial charge in [0.05, 0.1) is 17.4 Å². The standard InChI is InChI=1S/C30H35N3O5/c1-28(2,3)20-14-18(15-21(24(20)34)29(4,5)6)32-25(23-26(35)37-30(7,8)38-27(23)36)33-19-13-17-11-9-10-12-22(17)31-16-19/h9-16,32-34H,1-8H3. The second-order valence-electron chi connectivity index (χ2n) is 12.0. The average molecular weight is 518 g/mol. The first-order valence-electron chi connectivity index (χ1n) is 12.5. The Hall–Kier alpha value is -4.07. The molecule has 2 aromatic carbocycles. The summed E-state index contributed by atoms with van der Waals surface area (Å²) in [5.41, 5.74) is 2.32. The smallest absolute Gasteiger partial charge is 0.352 e. The number of phenolic OH excluding ortho intramolecular Hbond substituents is 1. The summed E-state index contributed by atoms with van der Waals surface area (Å²) in [5.74, 6) is -2.72. The molecule has 1 aromatic heterocycles. The quantitative estimate of drug-likeness (QED) is 0.165. The first-order valence-corrected chi connectivity index (χ1v) is 12.5. The van der Waals surface area contributed by atoms with E-state index >= 15 is 0 Å². The SMILES string of the molecule is CC1(C)OC(=O)C(=C(Nc2cc(C(C)(C)C)c(O)c(C(C)(C)C)c2)Nc2cnc3ccccc3c2)C(=O)O1. The van der Waals surface area contributed by atoms with Crippen molar-refractivity contribution in [2.24, 2.45) is 0 Å². The number of ether oxygens (including phenoxy) is 2. The van der Waals surface area contributed by atoms with Crippen molar-refractivity contribution in [2.75, 3.05) is 10.6 Å². The van der Waals surface area contributed by atoms with E-state index in [1.54, 1.807) is 6.20 Å². The number of rotatable bonds is 4. The zero-order valence-corrected chi connectivity index (χ0v) is 23.1. The highest BCUT2D eigenvalue weighted by Gasteiger charge is 2.41. The van der Waals surface area contributed by atoms with E-state index in [9.17, 15) is 14.7 Å². The number of carbonyl (C=O) groups is 2. The van der Waals surface area contributed by atoms with Gasteiger partial charge in [-0.25, -0.2) is 9.59 Å². The number of phenols is 1. The van der Waals surface area contributed by atoms with Crippen LogP contribution in [0.1, 0.15) is 66.5 Å². The van der Waals surface area contributed by atoms with Gasteiger partial charge in [-0.3, -0.25) is 4.98 Å². The van der Waals surface area contributed by atoms with Crippen LogP contribution in [0.25, 0.3) is 10.9 Å². The van der Waals surface area contributed by atoms with Gasteiger partial charge < -0.3 is 25.2 Å². The summed E-state index contributed by atoms with van der Waals surface area (Å²) in [6, 6.07) is 13.1. The van der Waals surface area contributed by atoms with Crippen molar-refractivity contribution in [3.05, 3.63) is 71.2 Å². The number of anilines is 2. The molecular formula is C30H35N3O5. The second kappa shape index (κ2) is 9.35. The number of benzene rings is 2. The molecule has 1 aliphatic heterocycles. The van der Waals surface area contributed by atoms with Crippen LogP contribution < -0.4 is 10.6 Å². The van der Waals surface area contributed by atoms with Crippen LogP contribution in [0.15, 0.2) is 60.1 Å². The Bertz CT molecular complexity index is 1400. The van der Waals surface area contributed by atoms with E-state index in [-0.39, 0.29) is 28.0 Å². The van der Waals surface area contributed by atoms with Gasteiger partial charge in [-0.1, -0.05) is 59.7 Å². The van der Waals surface area contributed by atoms with Gasteiger partial charge in [-0.2, -0.15) is 0 Å². The predicted molar refractivity (Wildman–Crippen MR) is 148 cm³/mol. The number of carbonyl (C=O) groups excluding carboxylic acids is 2. The molecule has 0 atom stereocenters. The normalized spacial score (nSPS) is 15.6. The summed E-state index contributed by atoms with van der Waals surface area (Å²) in [6.07, 6.45) is 1.62. The molecule has 0 amide bonds. The molecule has 1 fully saturated rings. The zero-order valence-electron chi connectivity index (χ0n) is 23.1. The van der Waals surface area contributed by atoms with Crippen molar-refractivity contribution in [1.82, 2.24) is 4.98 Å². The number of aromatic hydroxyl groups is 1. The third kappa shape index (κ3) is 5.59. The lowest BCUT2D eigenvalue weighted by Crippen LogP contribution is -2.43. The van der Waals surface area contributed by atoms with Crippen LogP contribution >= 0.6 is 0 Å². The molecule has 0 bridgehead atoms. The number of pyridine rings is 1. The maximum Gasteiger partial charge on any atom is 0.352 e. The molecule has 0 saturated carbocycles. The maximum absolute atomic E-state index is 13.0. The molecule has 38 heavy (non-hydrogen) atoms. The van der Waals surface area contributed by atoms with Crippen LogP contribution in [0.5, 0.6) is 5.75 Å². The minimum Gasteiger partial charge on any atom is -0.507 e. The molecule has 0 unspecified atom stereocenters. The fourth-order valence-electron chi connectivity index (χ4n) is 4.29. The van der Waals surface area contributed by atoms with Crippen LogP contribution in [0, 0.1) is 0 Å². The number of esters is 2. The molecule has 0 spiro atoms. The molecule has 8 heteroatoms. The summed E-state index contributed by atoms with van der Waals surface area (Å²) in [7, 11) is 0. The Balaban J connectivity index is 1.87. The largest absolute Gasteiger partial charge is 0.507 e. The number of para-hydroxylation sites is 1. The zero-order chi connectivity index (χ0) is 28.0. The van der Waals surface area contributed by atoms with E-state index in [4.69, 9.17) is 9.47 Å². The fourth-order valence-corrected chi connectivity index (χ4v) is 4.29. The predicted octanol–water partition coefficient (Wildman–Crippen LogP) is 6.11. The Morgan fingerprint density at radius 1 is 0.842 bits per heavy atom. The van der Waals surface area contributed by atoms with Crippen molar-refractivity contribution in [3.8, 4) is 5.75 Å². The molecule has 1 saturated heterocycles. The third-order valence-electron chi connectivity index (χ3n) is 6.19. The molecule has 0 radical (unpaired) electrons. The van der Waals surface area contributed by atoms with Crippen molar-refractivity contribution < 1.29 is 24.2 Å². The van der Waals surface area contributed by atoms with Gasteiger partial charge in [-0.05, 0) is 35.1 Å². The number of hydrogen-bond acceptors (Lipinski definition) is 8. The van der Waals surface area contributed by atoms with E-state index in [1.165, 1.54) is 13.8 Å². The van der Waals surface area contributed by atoms with Crippen LogP contribution in [-0.2, 0) is 29.9 Å². The average Bonchev–Trinajstić information content (AvgIpc) is 2.77. The molecule has 3 aromatic rings. The van der Waals surface area contributed by atoms with E-state index in [0.717, 1.165) is 22.0 Å². The van der Waals surface area contributed by atoms with Gasteiger partial charge in [0.1, 0.15) is 11.6 Å². The highest BCUT2D eigenvalue weighted by atomic mass is 16.7. The summed E-state index contributed by atoms with van der Waals surface area (Å²) in [6.45, 7) is 15.0. The summed E-state index contributed by atoms with van der Waals surface area (Å²) in [4.78, 5) is 30.6. The van der Waals surface area contributed by atoms with Crippen LogP contribution in [0.3, 0.4) is 0 Å². The topological polar surface area (TPSA) is 110 Å². The minimum atomic E-state index is -1.38. The summed E-state index contributed by atoms with van der Waals surface area (Å²) >= 11 is 0. The Labute approximate surface area is 223 Å². The number of hydrogen-bond donors (Lipinski definition) is 3. The highest BCUT2D eigenvalue weighted by molar-refractivity contribution is 6.16. The molecule has 3 N–H and O–H groups in total. The lowest BCUT2D eigenvalue weighted by molar-refractivity contribution is -0.222. The van der Waals surface area contributed by atoms with Crippen molar-refractivity contribution in [3.63, 3.8) is 0 Å². The van der Waals surface area contributed by atoms with E-state index in [1.807, 2.05) is 84.0 Å². The Morgan fingerprint density at radius 2 is 1.37 bits per heavy atom. The third-order valence-corrected chi connectivity index (χ3v) is 6.19. The maximum atomic E-state index is 13.0. The number of fused-ring (bicyclic) bond motifs is 1. The van der Waals surface area contributed by atoms with Crippen LogP contribution in [0.4, 0.5) is 11.4 Å². The summed E-state index contributed by atoms with van der Waals surface area (Å²) < 4.78 is 10.8. The molecule has 0 aliphatic carbocycles. The Kier molecular flexibility index (Phi) is 6.64. The van der Waals surface area contributed by atoms with Crippen molar-refractivity contribution in [2.45, 2.75) is 72.0 Å². The monoisotopic (exact) mass is 517 g/mol. The van der Waals surface area contributed by atoms with Gasteiger partial charge in [0.15, 0.2) is 5.57 Å². The van der Waals surface area contributed by atoms with Gasteiger partial charge >= 0.3 is 11.9 Å². The number of aromatic nitrogens is 1. The van der Waals surface area contributed by atoms with Crippen LogP contribution in [0.2, 0.25) is 0 Å². The van der Waals surface area contributed by atoms with Gasteiger partial charge in [0, 0.05) is 36.0 Å². The molecule has 4 rings (SSSR count). The van der Waals surface area contributed by atoms with E-state index < -0.39 is 17.7 Å². The lowest BCUT2D eigenvalue weighted by atomic mass is 9.79. The first kappa shape index (κ1) is 27.0. The first-order chi connectivity index (χ1) is 17.5. The molecule has 1 aliphatic rings. The lowest BCUT2D eigenvalue weighted by Gasteiger charge is -2.31. The van der Waals surface area contributed by atoms with E-state index in [0.29, 0.717) is 11.4 Å². The molecular weight excluding hydrogens is 482 g/mol. The minimum absolute atomic E-state index is 0.0815. The van der Waals surface area contributed by atoms with Gasteiger partial charge in [-0.15, -0.1) is 0 Å². The molecule has 2 heterocycles. The Morgan fingerprint density at radius 3 is 1.92 bits per heavy atom. The number of nitrogens with one attached hydrogen (secondary N) is 2. The molecule has 8 nitrogen and oxygen atoms in total. The van der Waals surface area contributed by atoms with Crippen molar-refractivity contribution >= 4 is 34.2 Å². The van der Waals surface area contributed by atoms with E-state index in [2.05, 4.69) is 15.6 Å². The second-order valence-corrected chi connectivity index (χ2v) is 12.0. The molecule has 200 valence electrons. The number of nitrogens with zero attached hydrogens (tertiary/aromatic N) is 1. The number of cyclic esters (lactones) is 2.